The van der Waals surface area contributed by atoms with Gasteiger partial charge in [0.1, 0.15) is 0 Å². The zero-order valence-electron chi connectivity index (χ0n) is 8.08. The Kier molecular flexibility index (Phi) is 4.18. The molecule has 0 aromatic heterocycles. The second-order valence-corrected chi connectivity index (χ2v) is 3.39. The SMILES string of the molecule is CCNC(CC(N)=O)C1CCCO1. The van der Waals surface area contributed by atoms with Gasteiger partial charge >= 0.3 is 0 Å². The standard InChI is InChI=1S/C9H18N2O2/c1-2-11-7(6-9(10)12)8-4-3-5-13-8/h7-8,11H,2-6H2,1H3,(H2,10,12). The van der Waals surface area contributed by atoms with Crippen LogP contribution in [0.25, 0.3) is 0 Å². The summed E-state index contributed by atoms with van der Waals surface area (Å²) >= 11 is 0. The number of ether oxygens (including phenoxy) is 1. The van der Waals surface area contributed by atoms with Gasteiger partial charge in [-0.3, -0.25) is 4.79 Å². The van der Waals surface area contributed by atoms with Gasteiger partial charge in [0.15, 0.2) is 0 Å². The van der Waals surface area contributed by atoms with E-state index in [-0.39, 0.29) is 18.1 Å². The molecule has 4 heteroatoms. The number of carbonyl (C=O) groups is 1. The maximum Gasteiger partial charge on any atom is 0.219 e. The van der Waals surface area contributed by atoms with Crippen LogP contribution < -0.4 is 11.1 Å². The Hall–Kier alpha value is -0.610. The van der Waals surface area contributed by atoms with Crippen molar-refractivity contribution in [2.24, 2.45) is 5.73 Å². The number of hydrogen-bond acceptors (Lipinski definition) is 3. The molecule has 13 heavy (non-hydrogen) atoms. The van der Waals surface area contributed by atoms with Crippen LogP contribution in [0.5, 0.6) is 0 Å². The van der Waals surface area contributed by atoms with Crippen molar-refractivity contribution in [1.29, 1.82) is 0 Å². The zero-order chi connectivity index (χ0) is 9.68. The summed E-state index contributed by atoms with van der Waals surface area (Å²) in [5, 5.41) is 3.23. The summed E-state index contributed by atoms with van der Waals surface area (Å²) in [5.74, 6) is -0.263. The highest BCUT2D eigenvalue weighted by atomic mass is 16.5. The van der Waals surface area contributed by atoms with Gasteiger partial charge in [-0.15, -0.1) is 0 Å². The minimum atomic E-state index is -0.263. The van der Waals surface area contributed by atoms with Crippen molar-refractivity contribution in [2.45, 2.75) is 38.3 Å². The van der Waals surface area contributed by atoms with Crippen molar-refractivity contribution in [3.63, 3.8) is 0 Å². The molecule has 1 heterocycles. The third-order valence-corrected chi connectivity index (χ3v) is 2.30. The molecule has 3 N–H and O–H groups in total. The van der Waals surface area contributed by atoms with Crippen LogP contribution in [0.4, 0.5) is 0 Å². The van der Waals surface area contributed by atoms with Gasteiger partial charge in [0.05, 0.1) is 6.10 Å². The molecule has 1 fully saturated rings. The first-order valence-electron chi connectivity index (χ1n) is 4.87. The number of likely N-dealkylation sites (N-methyl/N-ethyl adjacent to an activating group) is 1. The zero-order valence-corrected chi connectivity index (χ0v) is 8.08. The van der Waals surface area contributed by atoms with E-state index in [1.165, 1.54) is 0 Å². The van der Waals surface area contributed by atoms with Crippen LogP contribution in [0.1, 0.15) is 26.2 Å². The van der Waals surface area contributed by atoms with E-state index < -0.39 is 0 Å². The highest BCUT2D eigenvalue weighted by Gasteiger charge is 2.26. The summed E-state index contributed by atoms with van der Waals surface area (Å²) in [6.07, 6.45) is 2.67. The highest BCUT2D eigenvalue weighted by molar-refractivity contribution is 5.74. The van der Waals surface area contributed by atoms with Crippen LogP contribution in [-0.2, 0) is 9.53 Å². The lowest BCUT2D eigenvalue weighted by molar-refractivity contribution is -0.119. The van der Waals surface area contributed by atoms with Gasteiger partial charge in [-0.2, -0.15) is 0 Å². The summed E-state index contributed by atoms with van der Waals surface area (Å²) in [6.45, 7) is 3.67. The van der Waals surface area contributed by atoms with Crippen molar-refractivity contribution in [2.75, 3.05) is 13.2 Å². The van der Waals surface area contributed by atoms with Crippen LogP contribution in [0.3, 0.4) is 0 Å². The number of amides is 1. The monoisotopic (exact) mass is 186 g/mol. The molecule has 1 aliphatic heterocycles. The molecule has 4 nitrogen and oxygen atoms in total. The fraction of sp³-hybridized carbons (Fsp3) is 0.889. The Balaban J connectivity index is 2.39. The van der Waals surface area contributed by atoms with Gasteiger partial charge in [-0.1, -0.05) is 6.92 Å². The molecule has 1 rings (SSSR count). The largest absolute Gasteiger partial charge is 0.377 e. The third kappa shape index (κ3) is 3.32. The first-order chi connectivity index (χ1) is 6.24. The van der Waals surface area contributed by atoms with E-state index in [0.717, 1.165) is 26.0 Å². The van der Waals surface area contributed by atoms with Crippen molar-refractivity contribution in [3.05, 3.63) is 0 Å². The Morgan fingerprint density at radius 3 is 3.00 bits per heavy atom. The maximum absolute atomic E-state index is 10.8. The van der Waals surface area contributed by atoms with Crippen LogP contribution in [0, 0.1) is 0 Å². The lowest BCUT2D eigenvalue weighted by Gasteiger charge is -2.22. The lowest BCUT2D eigenvalue weighted by Crippen LogP contribution is -2.42. The van der Waals surface area contributed by atoms with E-state index in [1.807, 2.05) is 6.92 Å². The number of carbonyl (C=O) groups excluding carboxylic acids is 1. The maximum atomic E-state index is 10.8. The summed E-state index contributed by atoms with van der Waals surface area (Å²) in [6, 6.07) is 0.102. The lowest BCUT2D eigenvalue weighted by atomic mass is 10.0. The molecule has 0 bridgehead atoms. The topological polar surface area (TPSA) is 64.3 Å². The fourth-order valence-corrected chi connectivity index (χ4v) is 1.73. The van der Waals surface area contributed by atoms with E-state index in [4.69, 9.17) is 10.5 Å². The summed E-state index contributed by atoms with van der Waals surface area (Å²) in [7, 11) is 0. The Labute approximate surface area is 78.8 Å². The van der Waals surface area contributed by atoms with Crippen LogP contribution in [0.15, 0.2) is 0 Å². The van der Waals surface area contributed by atoms with Crippen molar-refractivity contribution < 1.29 is 9.53 Å². The number of rotatable bonds is 5. The predicted octanol–water partition coefficient (Wildman–Crippen LogP) is 0.0189. The predicted molar refractivity (Wildman–Crippen MR) is 50.3 cm³/mol. The molecule has 2 unspecified atom stereocenters. The molecular formula is C9H18N2O2. The molecule has 0 spiro atoms. The van der Waals surface area contributed by atoms with E-state index in [9.17, 15) is 4.79 Å². The molecule has 0 aromatic rings. The molecule has 0 radical (unpaired) electrons. The van der Waals surface area contributed by atoms with Gasteiger partial charge < -0.3 is 15.8 Å². The van der Waals surface area contributed by atoms with E-state index in [1.54, 1.807) is 0 Å². The van der Waals surface area contributed by atoms with E-state index in [2.05, 4.69) is 5.32 Å². The molecule has 1 amide bonds. The average Bonchev–Trinajstić information content (AvgIpc) is 2.54. The smallest absolute Gasteiger partial charge is 0.219 e. The normalized spacial score (nSPS) is 24.5. The molecule has 1 aliphatic rings. The van der Waals surface area contributed by atoms with Crippen molar-refractivity contribution >= 4 is 5.91 Å². The second-order valence-electron chi connectivity index (χ2n) is 3.39. The minimum absolute atomic E-state index is 0.102. The fourth-order valence-electron chi connectivity index (χ4n) is 1.73. The summed E-state index contributed by atoms with van der Waals surface area (Å²) in [4.78, 5) is 10.8. The minimum Gasteiger partial charge on any atom is -0.377 e. The molecule has 2 atom stereocenters. The number of nitrogens with one attached hydrogen (secondary N) is 1. The van der Waals surface area contributed by atoms with Gasteiger partial charge in [0.2, 0.25) is 5.91 Å². The van der Waals surface area contributed by atoms with Gasteiger partial charge in [-0.05, 0) is 19.4 Å². The number of hydrogen-bond donors (Lipinski definition) is 2. The van der Waals surface area contributed by atoms with Gasteiger partial charge in [0, 0.05) is 19.1 Å². The number of primary amides is 1. The van der Waals surface area contributed by atoms with E-state index in [0.29, 0.717) is 6.42 Å². The molecule has 76 valence electrons. The number of nitrogens with two attached hydrogens (primary N) is 1. The molecule has 0 aliphatic carbocycles. The van der Waals surface area contributed by atoms with Crippen molar-refractivity contribution in [3.8, 4) is 0 Å². The van der Waals surface area contributed by atoms with Gasteiger partial charge in [-0.25, -0.2) is 0 Å². The molecule has 0 aromatic carbocycles. The van der Waals surface area contributed by atoms with Crippen LogP contribution >= 0.6 is 0 Å². The second kappa shape index (κ2) is 5.19. The molecular weight excluding hydrogens is 168 g/mol. The Morgan fingerprint density at radius 1 is 1.77 bits per heavy atom. The summed E-state index contributed by atoms with van der Waals surface area (Å²) in [5.41, 5.74) is 5.16. The quantitative estimate of drug-likeness (QED) is 0.636. The first kappa shape index (κ1) is 10.5. The van der Waals surface area contributed by atoms with Gasteiger partial charge in [0.25, 0.3) is 0 Å². The third-order valence-electron chi connectivity index (χ3n) is 2.30. The Bertz CT molecular complexity index is 167. The molecule has 1 saturated heterocycles. The highest BCUT2D eigenvalue weighted by Crippen LogP contribution is 2.17. The Morgan fingerprint density at radius 2 is 2.54 bits per heavy atom. The van der Waals surface area contributed by atoms with E-state index >= 15 is 0 Å². The van der Waals surface area contributed by atoms with Crippen LogP contribution in [0.2, 0.25) is 0 Å². The van der Waals surface area contributed by atoms with Crippen molar-refractivity contribution in [1.82, 2.24) is 5.32 Å². The molecule has 0 saturated carbocycles. The first-order valence-corrected chi connectivity index (χ1v) is 4.87. The van der Waals surface area contributed by atoms with Crippen LogP contribution in [-0.4, -0.2) is 31.2 Å². The average molecular weight is 186 g/mol. The summed E-state index contributed by atoms with van der Waals surface area (Å²) < 4.78 is 5.50.